The van der Waals surface area contributed by atoms with Gasteiger partial charge >= 0.3 is 11.9 Å². The fraction of sp³-hybridized carbons (Fsp3) is 0.714. The van der Waals surface area contributed by atoms with E-state index in [2.05, 4.69) is 14.2 Å². The standard InChI is InChI=1S/C7H13NO7S/c1-14-7(11)5-16(12,13)8-2-3-15-4-6(9)10/h8H,2-5H2,1H3,(H,9,10). The van der Waals surface area contributed by atoms with Gasteiger partial charge in [0.05, 0.1) is 13.7 Å². The number of sulfonamides is 1. The third kappa shape index (κ3) is 8.15. The Labute approximate surface area is 92.6 Å². The second-order valence-electron chi connectivity index (χ2n) is 2.68. The molecule has 0 aromatic heterocycles. The van der Waals surface area contributed by atoms with Gasteiger partial charge in [0.1, 0.15) is 6.61 Å². The summed E-state index contributed by atoms with van der Waals surface area (Å²) >= 11 is 0. The lowest BCUT2D eigenvalue weighted by Crippen LogP contribution is -2.33. The molecule has 9 heteroatoms. The Morgan fingerprint density at radius 2 is 2.00 bits per heavy atom. The number of ether oxygens (including phenoxy) is 2. The van der Waals surface area contributed by atoms with Crippen molar-refractivity contribution in [2.45, 2.75) is 0 Å². The van der Waals surface area contributed by atoms with Crippen LogP contribution < -0.4 is 4.72 Å². The number of nitrogens with one attached hydrogen (secondary N) is 1. The van der Waals surface area contributed by atoms with Crippen LogP contribution in [0.3, 0.4) is 0 Å². The maximum Gasteiger partial charge on any atom is 0.329 e. The summed E-state index contributed by atoms with van der Waals surface area (Å²) in [6.45, 7) is -0.696. The molecule has 0 unspecified atom stereocenters. The van der Waals surface area contributed by atoms with Gasteiger partial charge in [-0.3, -0.25) is 4.79 Å². The highest BCUT2D eigenvalue weighted by molar-refractivity contribution is 7.90. The first-order valence-corrected chi connectivity index (χ1v) is 5.86. The third-order valence-corrected chi connectivity index (χ3v) is 2.59. The van der Waals surface area contributed by atoms with Crippen molar-refractivity contribution >= 4 is 22.0 Å². The molecule has 8 nitrogen and oxygen atoms in total. The molecule has 0 aliphatic rings. The van der Waals surface area contributed by atoms with Crippen molar-refractivity contribution in [3.8, 4) is 0 Å². The van der Waals surface area contributed by atoms with Crippen LogP contribution in [0.25, 0.3) is 0 Å². The molecular formula is C7H13NO7S. The lowest BCUT2D eigenvalue weighted by atomic mass is 10.7. The summed E-state index contributed by atoms with van der Waals surface area (Å²) < 4.78 is 33.0. The average molecular weight is 255 g/mol. The van der Waals surface area contributed by atoms with E-state index in [9.17, 15) is 18.0 Å². The monoisotopic (exact) mass is 255 g/mol. The van der Waals surface area contributed by atoms with E-state index in [4.69, 9.17) is 5.11 Å². The Hall–Kier alpha value is -1.19. The van der Waals surface area contributed by atoms with Gasteiger partial charge in [0.15, 0.2) is 5.75 Å². The van der Waals surface area contributed by atoms with Crippen molar-refractivity contribution in [2.24, 2.45) is 0 Å². The van der Waals surface area contributed by atoms with Crippen molar-refractivity contribution in [3.05, 3.63) is 0 Å². The van der Waals surface area contributed by atoms with Crippen LogP contribution in [-0.4, -0.2) is 58.1 Å². The van der Waals surface area contributed by atoms with Crippen LogP contribution in [0, 0.1) is 0 Å². The van der Waals surface area contributed by atoms with E-state index in [0.717, 1.165) is 7.11 Å². The summed E-state index contributed by atoms with van der Waals surface area (Å²) in [4.78, 5) is 20.7. The molecule has 0 bridgehead atoms. The summed E-state index contributed by atoms with van der Waals surface area (Å²) in [5.41, 5.74) is 0. The zero-order valence-corrected chi connectivity index (χ0v) is 9.45. The zero-order chi connectivity index (χ0) is 12.6. The number of aliphatic carboxylic acids is 1. The molecule has 0 rings (SSSR count). The molecule has 0 aliphatic heterocycles. The Morgan fingerprint density at radius 3 is 2.50 bits per heavy atom. The molecule has 0 amide bonds. The minimum atomic E-state index is -3.75. The fourth-order valence-electron chi connectivity index (χ4n) is 0.694. The van der Waals surface area contributed by atoms with E-state index in [-0.39, 0.29) is 13.2 Å². The SMILES string of the molecule is COC(=O)CS(=O)(=O)NCCOCC(=O)O. The summed E-state index contributed by atoms with van der Waals surface area (Å²) in [7, 11) is -2.67. The van der Waals surface area contributed by atoms with E-state index < -0.39 is 34.3 Å². The van der Waals surface area contributed by atoms with Crippen molar-refractivity contribution in [2.75, 3.05) is 32.6 Å². The fourth-order valence-corrected chi connectivity index (χ4v) is 1.62. The molecule has 0 saturated heterocycles. The number of carboxylic acid groups (broad SMARTS) is 1. The molecule has 94 valence electrons. The number of esters is 1. The Morgan fingerprint density at radius 1 is 1.38 bits per heavy atom. The molecule has 0 aliphatic carbocycles. The molecule has 0 aromatic carbocycles. The third-order valence-electron chi connectivity index (χ3n) is 1.33. The molecular weight excluding hydrogens is 242 g/mol. The number of carbonyl (C=O) groups is 2. The van der Waals surface area contributed by atoms with Gasteiger partial charge in [-0.15, -0.1) is 0 Å². The van der Waals surface area contributed by atoms with Crippen molar-refractivity contribution in [1.29, 1.82) is 0 Å². The number of carboxylic acids is 1. The molecule has 2 N–H and O–H groups in total. The summed E-state index contributed by atoms with van der Waals surface area (Å²) in [5, 5.41) is 8.20. The quantitative estimate of drug-likeness (QED) is 0.387. The van der Waals surface area contributed by atoms with E-state index >= 15 is 0 Å². The first-order chi connectivity index (χ1) is 7.37. The van der Waals surface area contributed by atoms with E-state index in [1.165, 1.54) is 0 Å². The van der Waals surface area contributed by atoms with Crippen molar-refractivity contribution < 1.29 is 32.6 Å². The first-order valence-electron chi connectivity index (χ1n) is 4.21. The number of methoxy groups -OCH3 is 1. The van der Waals surface area contributed by atoms with E-state index in [1.54, 1.807) is 0 Å². The van der Waals surface area contributed by atoms with Gasteiger partial charge in [-0.2, -0.15) is 0 Å². The van der Waals surface area contributed by atoms with Gasteiger partial charge in [-0.25, -0.2) is 17.9 Å². The van der Waals surface area contributed by atoms with Gasteiger partial charge in [-0.1, -0.05) is 0 Å². The summed E-state index contributed by atoms with van der Waals surface area (Å²) in [6.07, 6.45) is 0. The number of rotatable bonds is 8. The van der Waals surface area contributed by atoms with Crippen molar-refractivity contribution in [3.63, 3.8) is 0 Å². The Balaban J connectivity index is 3.75. The lowest BCUT2D eigenvalue weighted by Gasteiger charge is -2.05. The van der Waals surface area contributed by atoms with Crippen LogP contribution in [0.15, 0.2) is 0 Å². The number of carbonyl (C=O) groups excluding carboxylic acids is 1. The highest BCUT2D eigenvalue weighted by Gasteiger charge is 2.15. The summed E-state index contributed by atoms with van der Waals surface area (Å²) in [6, 6.07) is 0. The van der Waals surface area contributed by atoms with Crippen LogP contribution in [0.4, 0.5) is 0 Å². The predicted molar refractivity (Wildman–Crippen MR) is 52.3 cm³/mol. The molecule has 0 aromatic rings. The molecule has 0 fully saturated rings. The van der Waals surface area contributed by atoms with E-state index in [0.29, 0.717) is 0 Å². The molecule has 0 heterocycles. The average Bonchev–Trinajstić information content (AvgIpc) is 2.15. The summed E-state index contributed by atoms with van der Waals surface area (Å²) in [5.74, 6) is -2.79. The van der Waals surface area contributed by atoms with Crippen LogP contribution in [-0.2, 0) is 29.1 Å². The van der Waals surface area contributed by atoms with Crippen LogP contribution in [0.2, 0.25) is 0 Å². The van der Waals surface area contributed by atoms with Gasteiger partial charge in [0.25, 0.3) is 0 Å². The normalized spacial score (nSPS) is 11.1. The maximum absolute atomic E-state index is 11.1. The molecule has 0 spiro atoms. The Bertz CT molecular complexity index is 337. The second-order valence-corrected chi connectivity index (χ2v) is 4.48. The maximum atomic E-state index is 11.1. The van der Waals surface area contributed by atoms with Gasteiger partial charge in [0, 0.05) is 6.54 Å². The minimum Gasteiger partial charge on any atom is -0.480 e. The Kier molecular flexibility index (Phi) is 6.61. The molecule has 0 saturated carbocycles. The second kappa shape index (κ2) is 7.14. The molecule has 0 radical (unpaired) electrons. The first kappa shape index (κ1) is 14.8. The van der Waals surface area contributed by atoms with E-state index in [1.807, 2.05) is 0 Å². The topological polar surface area (TPSA) is 119 Å². The van der Waals surface area contributed by atoms with Gasteiger partial charge in [0.2, 0.25) is 10.0 Å². The van der Waals surface area contributed by atoms with Crippen LogP contribution in [0.1, 0.15) is 0 Å². The number of hydrogen-bond acceptors (Lipinski definition) is 6. The smallest absolute Gasteiger partial charge is 0.329 e. The van der Waals surface area contributed by atoms with Crippen molar-refractivity contribution in [1.82, 2.24) is 4.72 Å². The highest BCUT2D eigenvalue weighted by atomic mass is 32.2. The highest BCUT2D eigenvalue weighted by Crippen LogP contribution is 1.86. The van der Waals surface area contributed by atoms with Gasteiger partial charge < -0.3 is 14.6 Å². The lowest BCUT2D eigenvalue weighted by molar-refractivity contribution is -0.142. The van der Waals surface area contributed by atoms with Crippen LogP contribution in [0.5, 0.6) is 0 Å². The number of hydrogen-bond donors (Lipinski definition) is 2. The zero-order valence-electron chi connectivity index (χ0n) is 8.63. The minimum absolute atomic E-state index is 0.0906. The van der Waals surface area contributed by atoms with Gasteiger partial charge in [-0.05, 0) is 0 Å². The largest absolute Gasteiger partial charge is 0.480 e. The molecule has 16 heavy (non-hydrogen) atoms. The predicted octanol–water partition coefficient (Wildman–Crippen LogP) is -1.82. The van der Waals surface area contributed by atoms with Crippen LogP contribution >= 0.6 is 0 Å². The molecule has 0 atom stereocenters.